The highest BCUT2D eigenvalue weighted by molar-refractivity contribution is 7.89. The van der Waals surface area contributed by atoms with Crippen molar-refractivity contribution in [3.05, 3.63) is 65.2 Å². The molecule has 0 aromatic heterocycles. The topological polar surface area (TPSA) is 73.8 Å². The predicted octanol–water partition coefficient (Wildman–Crippen LogP) is 2.64. The second kappa shape index (κ2) is 9.21. The van der Waals surface area contributed by atoms with Gasteiger partial charge in [-0.25, -0.2) is 8.42 Å². The van der Waals surface area contributed by atoms with Gasteiger partial charge in [0, 0.05) is 33.2 Å². The first-order valence-corrected chi connectivity index (χ1v) is 11.0. The summed E-state index contributed by atoms with van der Waals surface area (Å²) in [5.41, 5.74) is 3.42. The molecule has 1 fully saturated rings. The number of nitrogens with one attached hydrogen (secondary N) is 2. The molecule has 0 spiro atoms. The Balaban J connectivity index is 1.54. The molecule has 0 unspecified atom stereocenters. The molecule has 0 radical (unpaired) electrons. The van der Waals surface area contributed by atoms with E-state index in [1.807, 2.05) is 18.2 Å². The molecule has 28 heavy (non-hydrogen) atoms. The summed E-state index contributed by atoms with van der Waals surface area (Å²) < 4.78 is 26.7. The summed E-state index contributed by atoms with van der Waals surface area (Å²) >= 11 is 0. The Hall–Kier alpha value is -2.38. The van der Waals surface area contributed by atoms with Gasteiger partial charge in [-0.15, -0.1) is 0 Å². The third-order valence-corrected chi connectivity index (χ3v) is 6.77. The normalized spacial score (nSPS) is 15.6. The minimum Gasteiger partial charge on any atom is -0.352 e. The van der Waals surface area contributed by atoms with Crippen molar-refractivity contribution in [3.8, 4) is 0 Å². The van der Waals surface area contributed by atoms with Crippen LogP contribution in [0, 0.1) is 6.92 Å². The van der Waals surface area contributed by atoms with Gasteiger partial charge in [-0.05, 0) is 43.0 Å². The lowest BCUT2D eigenvalue weighted by Crippen LogP contribution is -2.36. The van der Waals surface area contributed by atoms with E-state index in [2.05, 4.69) is 40.7 Å². The van der Waals surface area contributed by atoms with Crippen LogP contribution in [0.1, 0.15) is 29.5 Å². The van der Waals surface area contributed by atoms with Crippen molar-refractivity contribution in [2.45, 2.75) is 37.8 Å². The average molecular weight is 401 g/mol. The molecule has 0 bridgehead atoms. The number of hydrogen-bond acceptors (Lipinski definition) is 3. The van der Waals surface area contributed by atoms with Gasteiger partial charge < -0.3 is 10.6 Å². The van der Waals surface area contributed by atoms with E-state index in [1.54, 1.807) is 23.5 Å². The van der Waals surface area contributed by atoms with E-state index in [0.29, 0.717) is 37.0 Å². The van der Waals surface area contributed by atoms with E-state index in [1.165, 1.54) is 11.1 Å². The zero-order valence-electron chi connectivity index (χ0n) is 16.5. The Morgan fingerprint density at radius 1 is 1.00 bits per heavy atom. The molecule has 2 aromatic rings. The van der Waals surface area contributed by atoms with Crippen molar-refractivity contribution in [2.24, 2.45) is 4.99 Å². The fourth-order valence-corrected chi connectivity index (χ4v) is 4.79. The minimum atomic E-state index is -3.36. The molecule has 2 N–H and O–H groups in total. The van der Waals surface area contributed by atoms with Crippen LogP contribution in [0.3, 0.4) is 0 Å². The molecule has 6 nitrogen and oxygen atoms in total. The standard InChI is InChI=1S/C21H28N4O2S/c1-17-6-5-7-19(14-17)16-24-21(22-2)23-15-18-8-10-20(11-9-18)28(26,27)25-12-3-4-13-25/h5-11,14H,3-4,12-13,15-16H2,1-2H3,(H2,22,23,24). The highest BCUT2D eigenvalue weighted by Gasteiger charge is 2.26. The van der Waals surface area contributed by atoms with Crippen molar-refractivity contribution in [1.82, 2.24) is 14.9 Å². The molecule has 1 heterocycles. The molecule has 1 aliphatic rings. The monoisotopic (exact) mass is 400 g/mol. The summed E-state index contributed by atoms with van der Waals surface area (Å²) in [6, 6.07) is 15.4. The van der Waals surface area contributed by atoms with Crippen molar-refractivity contribution >= 4 is 16.0 Å². The number of aryl methyl sites for hydroxylation is 1. The summed E-state index contributed by atoms with van der Waals surface area (Å²) in [6.45, 7) is 4.57. The average Bonchev–Trinajstić information content (AvgIpc) is 3.24. The zero-order chi connectivity index (χ0) is 20.0. The van der Waals surface area contributed by atoms with Gasteiger partial charge in [0.25, 0.3) is 0 Å². The third kappa shape index (κ3) is 5.11. The van der Waals surface area contributed by atoms with Crippen LogP contribution in [0.25, 0.3) is 0 Å². The Morgan fingerprint density at radius 2 is 1.64 bits per heavy atom. The van der Waals surface area contributed by atoms with E-state index in [4.69, 9.17) is 0 Å². The Morgan fingerprint density at radius 3 is 2.25 bits per heavy atom. The lowest BCUT2D eigenvalue weighted by molar-refractivity contribution is 0.477. The van der Waals surface area contributed by atoms with Crippen LogP contribution in [0.5, 0.6) is 0 Å². The molecular weight excluding hydrogens is 372 g/mol. The van der Waals surface area contributed by atoms with Crippen LogP contribution in [0.15, 0.2) is 58.4 Å². The molecule has 0 amide bonds. The third-order valence-electron chi connectivity index (χ3n) is 4.85. The van der Waals surface area contributed by atoms with Crippen molar-refractivity contribution in [2.75, 3.05) is 20.1 Å². The Kier molecular flexibility index (Phi) is 6.70. The first-order valence-electron chi connectivity index (χ1n) is 9.58. The lowest BCUT2D eigenvalue weighted by atomic mass is 10.1. The number of aliphatic imine (C=N–C) groups is 1. The molecule has 7 heteroatoms. The van der Waals surface area contributed by atoms with Crippen LogP contribution in [-0.4, -0.2) is 38.8 Å². The van der Waals surface area contributed by atoms with E-state index in [9.17, 15) is 8.42 Å². The van der Waals surface area contributed by atoms with Crippen molar-refractivity contribution in [1.29, 1.82) is 0 Å². The molecule has 0 saturated carbocycles. The quantitative estimate of drug-likeness (QED) is 0.578. The van der Waals surface area contributed by atoms with E-state index < -0.39 is 10.0 Å². The molecule has 0 atom stereocenters. The second-order valence-corrected chi connectivity index (χ2v) is 8.96. The largest absolute Gasteiger partial charge is 0.352 e. The van der Waals surface area contributed by atoms with Gasteiger partial charge in [-0.1, -0.05) is 42.0 Å². The molecule has 1 saturated heterocycles. The van der Waals surface area contributed by atoms with Gasteiger partial charge in [0.2, 0.25) is 10.0 Å². The summed E-state index contributed by atoms with van der Waals surface area (Å²) in [5, 5.41) is 6.56. The maximum Gasteiger partial charge on any atom is 0.243 e. The molecular formula is C21H28N4O2S. The first-order chi connectivity index (χ1) is 13.5. The maximum absolute atomic E-state index is 12.6. The molecule has 2 aromatic carbocycles. The highest BCUT2D eigenvalue weighted by Crippen LogP contribution is 2.21. The predicted molar refractivity (Wildman–Crippen MR) is 113 cm³/mol. The van der Waals surface area contributed by atoms with Crippen molar-refractivity contribution in [3.63, 3.8) is 0 Å². The fourth-order valence-electron chi connectivity index (χ4n) is 3.27. The first kappa shape index (κ1) is 20.4. The zero-order valence-corrected chi connectivity index (χ0v) is 17.3. The van der Waals surface area contributed by atoms with Crippen LogP contribution in [0.2, 0.25) is 0 Å². The van der Waals surface area contributed by atoms with Gasteiger partial charge in [0.05, 0.1) is 4.90 Å². The molecule has 150 valence electrons. The Bertz CT molecular complexity index is 918. The summed E-state index contributed by atoms with van der Waals surface area (Å²) in [4.78, 5) is 4.60. The second-order valence-electron chi connectivity index (χ2n) is 7.02. The number of guanidine groups is 1. The van der Waals surface area contributed by atoms with Gasteiger partial charge in [-0.3, -0.25) is 4.99 Å². The SMILES string of the molecule is CN=C(NCc1ccc(S(=O)(=O)N2CCCC2)cc1)NCc1cccc(C)c1. The van der Waals surface area contributed by atoms with Gasteiger partial charge >= 0.3 is 0 Å². The van der Waals surface area contributed by atoms with Crippen LogP contribution in [-0.2, 0) is 23.1 Å². The van der Waals surface area contributed by atoms with Gasteiger partial charge in [0.15, 0.2) is 5.96 Å². The minimum absolute atomic E-state index is 0.361. The van der Waals surface area contributed by atoms with E-state index >= 15 is 0 Å². The number of sulfonamides is 1. The number of rotatable bonds is 6. The lowest BCUT2D eigenvalue weighted by Gasteiger charge is -2.16. The van der Waals surface area contributed by atoms with E-state index in [-0.39, 0.29) is 0 Å². The Labute approximate surface area is 167 Å². The van der Waals surface area contributed by atoms with Crippen molar-refractivity contribution < 1.29 is 8.42 Å². The van der Waals surface area contributed by atoms with Gasteiger partial charge in [0.1, 0.15) is 0 Å². The number of hydrogen-bond donors (Lipinski definition) is 2. The molecule has 3 rings (SSSR count). The number of benzene rings is 2. The molecule has 0 aliphatic carbocycles. The molecule has 1 aliphatic heterocycles. The van der Waals surface area contributed by atoms with Crippen LogP contribution >= 0.6 is 0 Å². The summed E-state index contributed by atoms with van der Waals surface area (Å²) in [7, 11) is -1.62. The maximum atomic E-state index is 12.6. The smallest absolute Gasteiger partial charge is 0.243 e. The highest BCUT2D eigenvalue weighted by atomic mass is 32.2. The summed E-state index contributed by atoms with van der Waals surface area (Å²) in [6.07, 6.45) is 1.88. The number of nitrogens with zero attached hydrogens (tertiary/aromatic N) is 2. The van der Waals surface area contributed by atoms with E-state index in [0.717, 1.165) is 18.4 Å². The fraction of sp³-hybridized carbons (Fsp3) is 0.381. The van der Waals surface area contributed by atoms with Crippen LogP contribution in [0.4, 0.5) is 0 Å². The van der Waals surface area contributed by atoms with Crippen LogP contribution < -0.4 is 10.6 Å². The summed E-state index contributed by atoms with van der Waals surface area (Å²) in [5.74, 6) is 0.704. The van der Waals surface area contributed by atoms with Gasteiger partial charge in [-0.2, -0.15) is 4.31 Å².